The Morgan fingerprint density at radius 3 is 2.24 bits per heavy atom. The summed E-state index contributed by atoms with van der Waals surface area (Å²) in [5.74, 6) is -2.05. The van der Waals surface area contributed by atoms with Crippen molar-refractivity contribution in [3.8, 4) is 0 Å². The summed E-state index contributed by atoms with van der Waals surface area (Å²) in [5.41, 5.74) is 6.88. The number of hydrogen-bond donors (Lipinski definition) is 4. The number of rotatable bonds is 6. The van der Waals surface area contributed by atoms with Crippen molar-refractivity contribution in [2.45, 2.75) is 32.4 Å². The lowest BCUT2D eigenvalue weighted by Crippen LogP contribution is -2.50. The lowest BCUT2D eigenvalue weighted by molar-refractivity contribution is -0.142. The molecule has 5 N–H and O–H groups in total. The minimum absolute atomic E-state index is 0.133. The second kappa shape index (κ2) is 7.28. The molecule has 0 radical (unpaired) electrons. The summed E-state index contributed by atoms with van der Waals surface area (Å²) in [6, 6.07) is 4.86. The van der Waals surface area contributed by atoms with Crippen LogP contribution in [0.2, 0.25) is 0 Å². The smallest absolute Gasteiger partial charge is 0.326 e. The van der Waals surface area contributed by atoms with Crippen molar-refractivity contribution in [2.24, 2.45) is 0 Å². The van der Waals surface area contributed by atoms with E-state index in [4.69, 9.17) is 5.73 Å². The van der Waals surface area contributed by atoms with Gasteiger partial charge in [0.15, 0.2) is 0 Å². The van der Waals surface area contributed by atoms with Gasteiger partial charge in [0.05, 0.1) is 0 Å². The number of carboxylic acids is 1. The number of aliphatic carboxylic acids is 1. The lowest BCUT2D eigenvalue weighted by Gasteiger charge is -2.18. The number of nitrogens with two attached hydrogens (primary N) is 1. The van der Waals surface area contributed by atoms with E-state index in [2.05, 4.69) is 10.6 Å². The number of anilines is 1. The summed E-state index contributed by atoms with van der Waals surface area (Å²) < 4.78 is 0. The van der Waals surface area contributed by atoms with Crippen LogP contribution in [0.4, 0.5) is 5.69 Å². The number of carboxylic acid groups (broad SMARTS) is 1. The zero-order valence-electron chi connectivity index (χ0n) is 11.9. The molecule has 2 amide bonds. The van der Waals surface area contributed by atoms with Crippen LogP contribution in [0.3, 0.4) is 0 Å². The van der Waals surface area contributed by atoms with Gasteiger partial charge in [0, 0.05) is 19.0 Å². The van der Waals surface area contributed by atoms with Gasteiger partial charge in [-0.25, -0.2) is 4.79 Å². The highest BCUT2D eigenvalue weighted by Gasteiger charge is 2.23. The van der Waals surface area contributed by atoms with Gasteiger partial charge in [-0.2, -0.15) is 0 Å². The summed E-state index contributed by atoms with van der Waals surface area (Å²) in [6.07, 6.45) is 0.133. The fraction of sp³-hybridized carbons (Fsp3) is 0.357. The molecule has 0 heterocycles. The third kappa shape index (κ3) is 5.52. The molecule has 1 aromatic carbocycles. The maximum absolute atomic E-state index is 11.8. The number of benzene rings is 1. The minimum atomic E-state index is -1.14. The first kappa shape index (κ1) is 16.5. The molecule has 7 heteroatoms. The molecular formula is C14H19N3O4. The SMILES string of the molecule is CC(=O)N[C@H](C)C(=O)N[C@@H](Cc1ccc(N)cc1)C(=O)O. The number of amides is 2. The van der Waals surface area contributed by atoms with Crippen molar-refractivity contribution in [1.29, 1.82) is 0 Å². The third-order valence-corrected chi connectivity index (χ3v) is 2.85. The molecule has 1 rings (SSSR count). The van der Waals surface area contributed by atoms with Crippen LogP contribution >= 0.6 is 0 Å². The second-order valence-electron chi connectivity index (χ2n) is 4.77. The molecule has 0 spiro atoms. The van der Waals surface area contributed by atoms with Crippen LogP contribution in [0.25, 0.3) is 0 Å². The van der Waals surface area contributed by atoms with Gasteiger partial charge < -0.3 is 21.5 Å². The van der Waals surface area contributed by atoms with Gasteiger partial charge >= 0.3 is 5.97 Å². The first-order valence-electron chi connectivity index (χ1n) is 6.44. The minimum Gasteiger partial charge on any atom is -0.480 e. The van der Waals surface area contributed by atoms with Crippen molar-refractivity contribution < 1.29 is 19.5 Å². The zero-order chi connectivity index (χ0) is 16.0. The van der Waals surface area contributed by atoms with E-state index in [1.54, 1.807) is 24.3 Å². The first-order chi connectivity index (χ1) is 9.79. The number of carbonyl (C=O) groups excluding carboxylic acids is 2. The van der Waals surface area contributed by atoms with Crippen LogP contribution in [0.1, 0.15) is 19.4 Å². The molecule has 0 saturated heterocycles. The molecule has 1 aromatic rings. The monoisotopic (exact) mass is 293 g/mol. The molecule has 0 aliphatic heterocycles. The Morgan fingerprint density at radius 2 is 1.76 bits per heavy atom. The third-order valence-electron chi connectivity index (χ3n) is 2.85. The fourth-order valence-corrected chi connectivity index (χ4v) is 1.76. The van der Waals surface area contributed by atoms with E-state index in [0.29, 0.717) is 5.69 Å². The van der Waals surface area contributed by atoms with Gasteiger partial charge in [-0.1, -0.05) is 12.1 Å². The van der Waals surface area contributed by atoms with Crippen molar-refractivity contribution in [2.75, 3.05) is 5.73 Å². The first-order valence-corrected chi connectivity index (χ1v) is 6.44. The van der Waals surface area contributed by atoms with E-state index in [9.17, 15) is 19.5 Å². The normalized spacial score (nSPS) is 13.0. The molecule has 0 saturated carbocycles. The predicted molar refractivity (Wildman–Crippen MR) is 77.4 cm³/mol. The van der Waals surface area contributed by atoms with E-state index in [-0.39, 0.29) is 12.3 Å². The van der Waals surface area contributed by atoms with E-state index in [0.717, 1.165) is 5.56 Å². The molecule has 7 nitrogen and oxygen atoms in total. The highest BCUT2D eigenvalue weighted by atomic mass is 16.4. The Balaban J connectivity index is 2.69. The van der Waals surface area contributed by atoms with Crippen LogP contribution in [-0.4, -0.2) is 35.0 Å². The van der Waals surface area contributed by atoms with Crippen LogP contribution in [0.5, 0.6) is 0 Å². The van der Waals surface area contributed by atoms with E-state index in [1.807, 2.05) is 0 Å². The van der Waals surface area contributed by atoms with Crippen LogP contribution in [-0.2, 0) is 20.8 Å². The molecule has 0 bridgehead atoms. The Hall–Kier alpha value is -2.57. The zero-order valence-corrected chi connectivity index (χ0v) is 11.9. The van der Waals surface area contributed by atoms with Crippen molar-refractivity contribution in [3.63, 3.8) is 0 Å². The number of carbonyl (C=O) groups is 3. The average molecular weight is 293 g/mol. The highest BCUT2D eigenvalue weighted by molar-refractivity contribution is 5.89. The maximum atomic E-state index is 11.8. The van der Waals surface area contributed by atoms with E-state index < -0.39 is 24.0 Å². The van der Waals surface area contributed by atoms with Gasteiger partial charge in [0.25, 0.3) is 0 Å². The largest absolute Gasteiger partial charge is 0.480 e. The van der Waals surface area contributed by atoms with Crippen LogP contribution < -0.4 is 16.4 Å². The van der Waals surface area contributed by atoms with Crippen LogP contribution in [0, 0.1) is 0 Å². The summed E-state index contributed by atoms with van der Waals surface area (Å²) in [4.78, 5) is 33.9. The summed E-state index contributed by atoms with van der Waals surface area (Å²) >= 11 is 0. The van der Waals surface area contributed by atoms with Gasteiger partial charge in [-0.15, -0.1) is 0 Å². The number of hydrogen-bond acceptors (Lipinski definition) is 4. The summed E-state index contributed by atoms with van der Waals surface area (Å²) in [5, 5.41) is 14.0. The molecule has 114 valence electrons. The molecule has 0 aliphatic rings. The number of nitrogen functional groups attached to an aromatic ring is 1. The molecule has 0 fully saturated rings. The highest BCUT2D eigenvalue weighted by Crippen LogP contribution is 2.08. The van der Waals surface area contributed by atoms with Gasteiger partial charge in [0.2, 0.25) is 11.8 Å². The predicted octanol–water partition coefficient (Wildman–Crippen LogP) is -0.0947. The lowest BCUT2D eigenvalue weighted by atomic mass is 10.1. The fourth-order valence-electron chi connectivity index (χ4n) is 1.76. The molecule has 0 aromatic heterocycles. The Bertz CT molecular complexity index is 528. The number of nitrogens with one attached hydrogen (secondary N) is 2. The van der Waals surface area contributed by atoms with Crippen molar-refractivity contribution in [3.05, 3.63) is 29.8 Å². The Morgan fingerprint density at radius 1 is 1.19 bits per heavy atom. The second-order valence-corrected chi connectivity index (χ2v) is 4.77. The topological polar surface area (TPSA) is 122 Å². The molecular weight excluding hydrogens is 274 g/mol. The van der Waals surface area contributed by atoms with Crippen molar-refractivity contribution >= 4 is 23.5 Å². The maximum Gasteiger partial charge on any atom is 0.326 e. The summed E-state index contributed by atoms with van der Waals surface area (Å²) in [7, 11) is 0. The van der Waals surface area contributed by atoms with Gasteiger partial charge in [-0.3, -0.25) is 9.59 Å². The average Bonchev–Trinajstić information content (AvgIpc) is 2.39. The standard InChI is InChI=1S/C14H19N3O4/c1-8(16-9(2)18)13(19)17-12(14(20)21)7-10-3-5-11(15)6-4-10/h3-6,8,12H,7,15H2,1-2H3,(H,16,18)(H,17,19)(H,20,21)/t8-,12+/m1/s1. The van der Waals surface area contributed by atoms with Crippen molar-refractivity contribution in [1.82, 2.24) is 10.6 Å². The van der Waals surface area contributed by atoms with E-state index in [1.165, 1.54) is 13.8 Å². The molecule has 2 atom stereocenters. The van der Waals surface area contributed by atoms with Gasteiger partial charge in [0.1, 0.15) is 12.1 Å². The molecule has 21 heavy (non-hydrogen) atoms. The Kier molecular flexibility index (Phi) is 5.71. The quantitative estimate of drug-likeness (QED) is 0.546. The van der Waals surface area contributed by atoms with Crippen LogP contribution in [0.15, 0.2) is 24.3 Å². The molecule has 0 unspecified atom stereocenters. The summed E-state index contributed by atoms with van der Waals surface area (Å²) in [6.45, 7) is 2.77. The van der Waals surface area contributed by atoms with E-state index >= 15 is 0 Å². The molecule has 0 aliphatic carbocycles. The Labute approximate surface area is 122 Å². The van der Waals surface area contributed by atoms with Gasteiger partial charge in [-0.05, 0) is 24.6 Å².